The van der Waals surface area contributed by atoms with Crippen molar-refractivity contribution in [3.8, 4) is 11.1 Å². The van der Waals surface area contributed by atoms with Crippen molar-refractivity contribution in [3.63, 3.8) is 0 Å². The molecule has 3 aromatic rings. The van der Waals surface area contributed by atoms with E-state index >= 15 is 0 Å². The van der Waals surface area contributed by atoms with Crippen molar-refractivity contribution >= 4 is 34.4 Å². The molecule has 0 spiro atoms. The fraction of sp³-hybridized carbons (Fsp3) is 0.458. The highest BCUT2D eigenvalue weighted by Crippen LogP contribution is 2.31. The van der Waals surface area contributed by atoms with E-state index < -0.39 is 0 Å². The molecule has 1 unspecified atom stereocenters. The molecule has 1 atom stereocenters. The number of hydrogen-bond acceptors (Lipinski definition) is 5. The van der Waals surface area contributed by atoms with Gasteiger partial charge >= 0.3 is 0 Å². The lowest BCUT2D eigenvalue weighted by molar-refractivity contribution is -0.126. The van der Waals surface area contributed by atoms with Gasteiger partial charge in [-0.25, -0.2) is 9.97 Å². The van der Waals surface area contributed by atoms with Gasteiger partial charge in [0, 0.05) is 35.4 Å². The van der Waals surface area contributed by atoms with E-state index in [1.54, 1.807) is 6.20 Å². The Labute approximate surface area is 193 Å². The summed E-state index contributed by atoms with van der Waals surface area (Å²) in [7, 11) is 2.04. The number of H-pyrrole nitrogens is 1. The fourth-order valence-electron chi connectivity index (χ4n) is 5.05. The molecule has 3 N–H and O–H groups in total. The van der Waals surface area contributed by atoms with E-state index in [2.05, 4.69) is 36.6 Å². The molecule has 1 amide bonds. The number of likely N-dealkylation sites (N-methyl/N-ethyl adjacent to an activating group) is 1. The Bertz CT molecular complexity index is 1110. The second-order valence-corrected chi connectivity index (χ2v) is 9.39. The summed E-state index contributed by atoms with van der Waals surface area (Å²) in [5, 5.41) is 8.36. The minimum atomic E-state index is 0.0413. The van der Waals surface area contributed by atoms with Crippen LogP contribution in [-0.4, -0.2) is 57.5 Å². The third-order valence-electron chi connectivity index (χ3n) is 6.80. The van der Waals surface area contributed by atoms with Crippen molar-refractivity contribution in [2.45, 2.75) is 56.7 Å². The number of rotatable bonds is 5. The average molecular weight is 453 g/mol. The lowest BCUT2D eigenvalue weighted by Crippen LogP contribution is -2.47. The summed E-state index contributed by atoms with van der Waals surface area (Å²) in [4.78, 5) is 26.8. The fourth-order valence-corrected chi connectivity index (χ4v) is 5.26. The van der Waals surface area contributed by atoms with Crippen LogP contribution in [0.15, 0.2) is 36.7 Å². The summed E-state index contributed by atoms with van der Waals surface area (Å²) in [6, 6.07) is 8.54. The molecule has 1 aliphatic heterocycles. The molecule has 0 aromatic carbocycles. The topological polar surface area (TPSA) is 85.9 Å². The molecule has 5 rings (SSSR count). The van der Waals surface area contributed by atoms with E-state index in [0.717, 1.165) is 73.0 Å². The Morgan fingerprint density at radius 1 is 1.19 bits per heavy atom. The lowest BCUT2D eigenvalue weighted by atomic mass is 9.91. The predicted octanol–water partition coefficient (Wildman–Crippen LogP) is 4.21. The van der Waals surface area contributed by atoms with Gasteiger partial charge in [0.05, 0.1) is 6.04 Å². The molecule has 1 saturated carbocycles. The van der Waals surface area contributed by atoms with Crippen LogP contribution in [0.5, 0.6) is 0 Å². The van der Waals surface area contributed by atoms with Crippen LogP contribution >= 0.6 is 11.6 Å². The third kappa shape index (κ3) is 4.45. The largest absolute Gasteiger partial charge is 0.367 e. The molecule has 1 aliphatic carbocycles. The highest BCUT2D eigenvalue weighted by molar-refractivity contribution is 6.29. The second-order valence-electron chi connectivity index (χ2n) is 9.01. The number of aromatic amines is 1. The number of nitrogens with zero attached hydrogens (tertiary/aromatic N) is 3. The first-order chi connectivity index (χ1) is 15.6. The van der Waals surface area contributed by atoms with Gasteiger partial charge < -0.3 is 15.6 Å². The van der Waals surface area contributed by atoms with Crippen molar-refractivity contribution in [2.24, 2.45) is 0 Å². The number of nitrogens with one attached hydrogen (secondary N) is 3. The van der Waals surface area contributed by atoms with Crippen molar-refractivity contribution in [1.82, 2.24) is 25.2 Å². The molecule has 0 bridgehead atoms. The van der Waals surface area contributed by atoms with Crippen molar-refractivity contribution in [3.05, 3.63) is 41.8 Å². The van der Waals surface area contributed by atoms with Crippen LogP contribution in [0.1, 0.15) is 38.5 Å². The molecule has 1 saturated heterocycles. The van der Waals surface area contributed by atoms with Gasteiger partial charge in [-0.2, -0.15) is 0 Å². The predicted molar refractivity (Wildman–Crippen MR) is 128 cm³/mol. The number of amides is 1. The molecule has 7 nitrogen and oxygen atoms in total. The summed E-state index contributed by atoms with van der Waals surface area (Å²) in [6.07, 6.45) is 9.74. The standard InChI is InChI=1S/C24H29ClN6O/c1-31-11-3-5-20(31)24(32)29-17-8-6-16(7-9-17)28-22-13-15(12-21(25)30-22)19-14-27-23-18(19)4-2-10-26-23/h2,4,10,12-14,16-17,20H,3,5-9,11H2,1H3,(H,26,27)(H,28,30)(H,29,32)/t16-,17-,20?. The number of fused-ring (bicyclic) bond motifs is 1. The Kier molecular flexibility index (Phi) is 6.02. The summed E-state index contributed by atoms with van der Waals surface area (Å²) in [5.74, 6) is 0.974. The number of pyridine rings is 2. The number of halogens is 1. The van der Waals surface area contributed by atoms with Crippen molar-refractivity contribution in [2.75, 3.05) is 18.9 Å². The molecular weight excluding hydrogens is 424 g/mol. The number of anilines is 1. The molecule has 2 aliphatic rings. The first-order valence-corrected chi connectivity index (χ1v) is 11.8. The first-order valence-electron chi connectivity index (χ1n) is 11.4. The number of aromatic nitrogens is 3. The van der Waals surface area contributed by atoms with Gasteiger partial charge in [-0.1, -0.05) is 11.6 Å². The zero-order chi connectivity index (χ0) is 22.1. The van der Waals surface area contributed by atoms with Crippen LogP contribution in [0.4, 0.5) is 5.82 Å². The Morgan fingerprint density at radius 2 is 2.00 bits per heavy atom. The molecule has 0 radical (unpaired) electrons. The average Bonchev–Trinajstić information content (AvgIpc) is 3.41. The zero-order valence-corrected chi connectivity index (χ0v) is 19.0. The van der Waals surface area contributed by atoms with Gasteiger partial charge in [-0.05, 0) is 81.9 Å². The van der Waals surface area contributed by atoms with Crippen LogP contribution < -0.4 is 10.6 Å². The van der Waals surface area contributed by atoms with Gasteiger partial charge in [0.2, 0.25) is 5.91 Å². The van der Waals surface area contributed by atoms with Crippen molar-refractivity contribution in [1.29, 1.82) is 0 Å². The number of carbonyl (C=O) groups excluding carboxylic acids is 1. The maximum Gasteiger partial charge on any atom is 0.237 e. The Balaban J connectivity index is 1.21. The minimum absolute atomic E-state index is 0.0413. The van der Waals surface area contributed by atoms with Crippen LogP contribution in [0.3, 0.4) is 0 Å². The van der Waals surface area contributed by atoms with Crippen LogP contribution in [-0.2, 0) is 4.79 Å². The Morgan fingerprint density at radius 3 is 2.78 bits per heavy atom. The lowest BCUT2D eigenvalue weighted by Gasteiger charge is -2.31. The SMILES string of the molecule is CN1CCCC1C(=O)N[C@H]1CC[C@H](Nc2cc(-c3c[nH]c4ncccc34)cc(Cl)n2)CC1. The monoisotopic (exact) mass is 452 g/mol. The summed E-state index contributed by atoms with van der Waals surface area (Å²) in [5.41, 5.74) is 2.92. The summed E-state index contributed by atoms with van der Waals surface area (Å²) < 4.78 is 0. The van der Waals surface area contributed by atoms with E-state index in [4.69, 9.17) is 11.6 Å². The van der Waals surface area contributed by atoms with E-state index in [1.165, 1.54) is 0 Å². The molecule has 32 heavy (non-hydrogen) atoms. The number of carbonyl (C=O) groups is 1. The maximum atomic E-state index is 12.6. The smallest absolute Gasteiger partial charge is 0.237 e. The highest BCUT2D eigenvalue weighted by Gasteiger charge is 2.30. The summed E-state index contributed by atoms with van der Waals surface area (Å²) >= 11 is 6.36. The second kappa shape index (κ2) is 9.08. The normalized spacial score (nSPS) is 24.0. The molecule has 2 fully saturated rings. The van der Waals surface area contributed by atoms with Gasteiger partial charge in [0.1, 0.15) is 16.6 Å². The number of likely N-dealkylation sites (tertiary alicyclic amines) is 1. The molecule has 168 valence electrons. The van der Waals surface area contributed by atoms with E-state index in [9.17, 15) is 4.79 Å². The van der Waals surface area contributed by atoms with Gasteiger partial charge in [0.15, 0.2) is 0 Å². The molecule has 8 heteroatoms. The number of hydrogen-bond donors (Lipinski definition) is 3. The maximum absolute atomic E-state index is 12.6. The third-order valence-corrected chi connectivity index (χ3v) is 7.00. The van der Waals surface area contributed by atoms with E-state index in [0.29, 0.717) is 11.2 Å². The Hall–Kier alpha value is -2.64. The van der Waals surface area contributed by atoms with Gasteiger partial charge in [-0.15, -0.1) is 0 Å². The summed E-state index contributed by atoms with van der Waals surface area (Å²) in [6.45, 7) is 1.01. The quantitative estimate of drug-likeness (QED) is 0.505. The molecular formula is C24H29ClN6O. The van der Waals surface area contributed by atoms with Crippen molar-refractivity contribution < 1.29 is 4.79 Å². The van der Waals surface area contributed by atoms with E-state index in [1.807, 2.05) is 31.4 Å². The zero-order valence-electron chi connectivity index (χ0n) is 18.3. The van der Waals surface area contributed by atoms with Gasteiger partial charge in [-0.3, -0.25) is 9.69 Å². The van der Waals surface area contributed by atoms with Gasteiger partial charge in [0.25, 0.3) is 0 Å². The highest BCUT2D eigenvalue weighted by atomic mass is 35.5. The van der Waals surface area contributed by atoms with Crippen LogP contribution in [0, 0.1) is 0 Å². The van der Waals surface area contributed by atoms with E-state index in [-0.39, 0.29) is 18.0 Å². The molecule has 3 aromatic heterocycles. The minimum Gasteiger partial charge on any atom is -0.367 e. The molecule has 4 heterocycles. The van der Waals surface area contributed by atoms with Crippen LogP contribution in [0.25, 0.3) is 22.2 Å². The first kappa shape index (κ1) is 21.2. The van der Waals surface area contributed by atoms with Crippen LogP contribution in [0.2, 0.25) is 5.15 Å².